The number of ether oxygens (including phenoxy) is 1. The first-order valence-corrected chi connectivity index (χ1v) is 9.20. The second-order valence-electron chi connectivity index (χ2n) is 6.35. The van der Waals surface area contributed by atoms with E-state index < -0.39 is 5.92 Å². The van der Waals surface area contributed by atoms with Crippen LogP contribution < -0.4 is 15.1 Å². The van der Waals surface area contributed by atoms with Gasteiger partial charge in [0.2, 0.25) is 5.91 Å². The fourth-order valence-electron chi connectivity index (χ4n) is 3.25. The number of hydrazone groups is 1. The molecule has 0 spiro atoms. The van der Waals surface area contributed by atoms with E-state index in [0.717, 1.165) is 5.69 Å². The largest absolute Gasteiger partial charge is 0.495 e. The van der Waals surface area contributed by atoms with Crippen molar-refractivity contribution in [2.24, 2.45) is 11.0 Å². The van der Waals surface area contributed by atoms with Crippen LogP contribution in [0, 0.1) is 5.92 Å². The zero-order valence-electron chi connectivity index (χ0n) is 15.2. The smallest absolute Gasteiger partial charge is 0.237 e. The van der Waals surface area contributed by atoms with Crippen molar-refractivity contribution in [3.8, 4) is 5.75 Å². The van der Waals surface area contributed by atoms with Crippen LogP contribution in [0.5, 0.6) is 5.75 Å². The quantitative estimate of drug-likeness (QED) is 0.697. The number of carbonyl (C=O) groups excluding carboxylic acids is 1. The molecule has 142 valence electrons. The second kappa shape index (κ2) is 7.78. The Labute approximate surface area is 168 Å². The number of hydrogen-bond acceptors (Lipinski definition) is 4. The molecule has 28 heavy (non-hydrogen) atoms. The maximum Gasteiger partial charge on any atom is 0.237 e. The number of anilines is 2. The Morgan fingerprint density at radius 2 is 1.86 bits per heavy atom. The van der Waals surface area contributed by atoms with E-state index in [4.69, 9.17) is 16.3 Å². The van der Waals surface area contributed by atoms with E-state index in [0.29, 0.717) is 16.5 Å². The Morgan fingerprint density at radius 1 is 1.11 bits per heavy atom. The van der Waals surface area contributed by atoms with Crippen molar-refractivity contribution in [3.05, 3.63) is 78.1 Å². The van der Waals surface area contributed by atoms with Gasteiger partial charge in [0.1, 0.15) is 17.8 Å². The molecule has 1 amide bonds. The number of nitrogens with one attached hydrogen (secondary N) is 1. The first-order valence-electron chi connectivity index (χ1n) is 8.82. The van der Waals surface area contributed by atoms with Gasteiger partial charge in [-0.05, 0) is 42.5 Å². The third kappa shape index (κ3) is 3.46. The molecule has 0 bridgehead atoms. The first-order chi connectivity index (χ1) is 13.7. The number of hydrogen-bond donors (Lipinski definition) is 1. The highest BCUT2D eigenvalue weighted by Crippen LogP contribution is 2.34. The minimum Gasteiger partial charge on any atom is -0.495 e. The lowest BCUT2D eigenvalue weighted by Gasteiger charge is -2.28. The predicted octanol–water partition coefficient (Wildman–Crippen LogP) is 4.41. The molecule has 0 radical (unpaired) electrons. The predicted molar refractivity (Wildman–Crippen MR) is 111 cm³/mol. The number of carbonyl (C=O) groups is 1. The van der Waals surface area contributed by atoms with E-state index in [1.807, 2.05) is 64.4 Å². The van der Waals surface area contributed by atoms with Crippen molar-refractivity contribution in [2.75, 3.05) is 17.4 Å². The van der Waals surface area contributed by atoms with E-state index >= 15 is 0 Å². The Morgan fingerprint density at radius 3 is 2.54 bits per heavy atom. The first kappa shape index (κ1) is 18.1. The van der Waals surface area contributed by atoms with Crippen LogP contribution in [-0.4, -0.2) is 23.8 Å². The Hall–Kier alpha value is -3.25. The van der Waals surface area contributed by atoms with Crippen LogP contribution in [0.15, 0.2) is 78.2 Å². The zero-order valence-corrected chi connectivity index (χ0v) is 16.0. The van der Waals surface area contributed by atoms with Crippen LogP contribution in [0.4, 0.5) is 11.4 Å². The summed E-state index contributed by atoms with van der Waals surface area (Å²) in [5.74, 6) is -0.0850. The SMILES string of the molecule is COc1ccc(NC(=O)[C@H]2C=NN(c3ccccc3)[C@@H]2n2cccc2)cc1Cl. The fourth-order valence-corrected chi connectivity index (χ4v) is 3.51. The molecule has 0 fully saturated rings. The number of methoxy groups -OCH3 is 1. The summed E-state index contributed by atoms with van der Waals surface area (Å²) in [6, 6.07) is 18.8. The Bertz CT molecular complexity index is 989. The van der Waals surface area contributed by atoms with Gasteiger partial charge in [-0.25, -0.2) is 5.01 Å². The van der Waals surface area contributed by atoms with Crippen LogP contribution in [0.2, 0.25) is 5.02 Å². The maximum absolute atomic E-state index is 13.0. The summed E-state index contributed by atoms with van der Waals surface area (Å²) in [7, 11) is 1.55. The lowest BCUT2D eigenvalue weighted by atomic mass is 10.1. The third-order valence-electron chi connectivity index (χ3n) is 4.60. The number of benzene rings is 2. The molecule has 0 aliphatic carbocycles. The van der Waals surface area contributed by atoms with Gasteiger partial charge in [0, 0.05) is 24.3 Å². The molecule has 1 aromatic heterocycles. The van der Waals surface area contributed by atoms with Gasteiger partial charge in [-0.3, -0.25) is 4.79 Å². The summed E-state index contributed by atoms with van der Waals surface area (Å²) in [5.41, 5.74) is 1.52. The van der Waals surface area contributed by atoms with Crippen molar-refractivity contribution in [1.82, 2.24) is 4.57 Å². The molecular formula is C21H19ClN4O2. The second-order valence-corrected chi connectivity index (χ2v) is 6.76. The number of rotatable bonds is 5. The minimum atomic E-state index is -0.478. The summed E-state index contributed by atoms with van der Waals surface area (Å²) in [5, 5.41) is 9.73. The number of halogens is 1. The third-order valence-corrected chi connectivity index (χ3v) is 4.89. The lowest BCUT2D eigenvalue weighted by molar-refractivity contribution is -0.118. The summed E-state index contributed by atoms with van der Waals surface area (Å²) in [6.07, 6.45) is 5.24. The summed E-state index contributed by atoms with van der Waals surface area (Å²) in [6.45, 7) is 0. The minimum absolute atomic E-state index is 0.165. The summed E-state index contributed by atoms with van der Waals surface area (Å²) < 4.78 is 7.14. The van der Waals surface area contributed by atoms with E-state index in [1.54, 1.807) is 31.5 Å². The van der Waals surface area contributed by atoms with Gasteiger partial charge < -0.3 is 14.6 Å². The van der Waals surface area contributed by atoms with E-state index in [1.165, 1.54) is 0 Å². The van der Waals surface area contributed by atoms with Gasteiger partial charge in [0.15, 0.2) is 0 Å². The van der Waals surface area contributed by atoms with Crippen LogP contribution in [0.25, 0.3) is 0 Å². The molecule has 1 aliphatic rings. The van der Waals surface area contributed by atoms with E-state index in [2.05, 4.69) is 10.4 Å². The van der Waals surface area contributed by atoms with Crippen molar-refractivity contribution < 1.29 is 9.53 Å². The Balaban J connectivity index is 1.60. The van der Waals surface area contributed by atoms with Crippen LogP contribution in [0.1, 0.15) is 6.17 Å². The number of aromatic nitrogens is 1. The monoisotopic (exact) mass is 394 g/mol. The normalized spacial score (nSPS) is 18.3. The molecule has 1 aliphatic heterocycles. The molecule has 6 nitrogen and oxygen atoms in total. The van der Waals surface area contributed by atoms with Crippen molar-refractivity contribution in [3.63, 3.8) is 0 Å². The molecule has 4 rings (SSSR count). The fraction of sp³-hybridized carbons (Fsp3) is 0.143. The molecule has 1 N–H and O–H groups in total. The molecule has 3 aromatic rings. The van der Waals surface area contributed by atoms with Crippen LogP contribution >= 0.6 is 11.6 Å². The van der Waals surface area contributed by atoms with Gasteiger partial charge in [0.25, 0.3) is 0 Å². The van der Waals surface area contributed by atoms with Crippen LogP contribution in [0.3, 0.4) is 0 Å². The maximum atomic E-state index is 13.0. The molecule has 7 heteroatoms. The molecule has 2 aromatic carbocycles. The molecule has 0 saturated heterocycles. The van der Waals surface area contributed by atoms with Gasteiger partial charge in [-0.2, -0.15) is 5.10 Å². The topological polar surface area (TPSA) is 58.9 Å². The molecule has 2 atom stereocenters. The highest BCUT2D eigenvalue weighted by atomic mass is 35.5. The number of para-hydroxylation sites is 1. The van der Waals surface area contributed by atoms with Crippen molar-refractivity contribution in [2.45, 2.75) is 6.17 Å². The van der Waals surface area contributed by atoms with Crippen molar-refractivity contribution in [1.29, 1.82) is 0 Å². The van der Waals surface area contributed by atoms with Gasteiger partial charge >= 0.3 is 0 Å². The van der Waals surface area contributed by atoms with Crippen molar-refractivity contribution >= 4 is 35.1 Å². The van der Waals surface area contributed by atoms with Gasteiger partial charge in [-0.15, -0.1) is 0 Å². The standard InChI is InChI=1S/C21H19ClN4O2/c1-28-19-10-9-15(13-18(19)22)24-20(27)17-14-23-26(16-7-3-2-4-8-16)21(17)25-11-5-6-12-25/h2-14,17,21H,1H3,(H,24,27)/t17-,21+/m1/s1. The summed E-state index contributed by atoms with van der Waals surface area (Å²) >= 11 is 6.17. The number of nitrogens with zero attached hydrogens (tertiary/aromatic N) is 3. The Kier molecular flexibility index (Phi) is 5.04. The van der Waals surface area contributed by atoms with Crippen LogP contribution in [-0.2, 0) is 4.79 Å². The average Bonchev–Trinajstić information content (AvgIpc) is 3.38. The average molecular weight is 395 g/mol. The molecule has 0 unspecified atom stereocenters. The van der Waals surface area contributed by atoms with Gasteiger partial charge in [0.05, 0.1) is 17.8 Å². The zero-order chi connectivity index (χ0) is 19.5. The van der Waals surface area contributed by atoms with E-state index in [-0.39, 0.29) is 12.1 Å². The van der Waals surface area contributed by atoms with Gasteiger partial charge in [-0.1, -0.05) is 29.8 Å². The van der Waals surface area contributed by atoms with E-state index in [9.17, 15) is 4.79 Å². The highest BCUT2D eigenvalue weighted by Gasteiger charge is 2.37. The lowest BCUT2D eigenvalue weighted by Crippen LogP contribution is -2.35. The molecule has 0 saturated carbocycles. The molecule has 2 heterocycles. The molecular weight excluding hydrogens is 376 g/mol. The summed E-state index contributed by atoms with van der Waals surface area (Å²) in [4.78, 5) is 13.0. The number of amides is 1. The highest BCUT2D eigenvalue weighted by molar-refractivity contribution is 6.32.